The van der Waals surface area contributed by atoms with E-state index in [0.717, 1.165) is 0 Å². The molecule has 0 saturated heterocycles. The number of halogens is 1. The summed E-state index contributed by atoms with van der Waals surface area (Å²) in [5.74, 6) is 1.28. The average molecular weight is 265 g/mol. The van der Waals surface area contributed by atoms with E-state index in [1.54, 1.807) is 0 Å². The van der Waals surface area contributed by atoms with E-state index in [9.17, 15) is 0 Å². The smallest absolute Gasteiger partial charge is 0.0613 e. The van der Waals surface area contributed by atoms with E-state index in [2.05, 4.69) is 38.1 Å². The molecule has 1 unspecified atom stereocenters. The standard InChI is InChI=1S/C17H25Cl/c1-13(2)14-9-11-16(12-10-14)17(18)15-7-5-3-4-6-8-15/h9-13,15,17H,3-8H2,1-2H3. The van der Waals surface area contributed by atoms with Crippen LogP contribution >= 0.6 is 11.6 Å². The Morgan fingerprint density at radius 2 is 1.39 bits per heavy atom. The van der Waals surface area contributed by atoms with Crippen LogP contribution in [0.15, 0.2) is 24.3 Å². The van der Waals surface area contributed by atoms with Gasteiger partial charge in [-0.2, -0.15) is 0 Å². The summed E-state index contributed by atoms with van der Waals surface area (Å²) in [6.45, 7) is 4.47. The molecule has 1 aromatic carbocycles. The lowest BCUT2D eigenvalue weighted by Gasteiger charge is -2.21. The lowest BCUT2D eigenvalue weighted by molar-refractivity contribution is 0.445. The maximum atomic E-state index is 6.69. The van der Waals surface area contributed by atoms with Gasteiger partial charge < -0.3 is 0 Å². The molecule has 0 nitrogen and oxygen atoms in total. The van der Waals surface area contributed by atoms with Crippen molar-refractivity contribution in [2.24, 2.45) is 5.92 Å². The Hall–Kier alpha value is -0.490. The first-order chi connectivity index (χ1) is 8.68. The van der Waals surface area contributed by atoms with Crippen molar-refractivity contribution in [3.8, 4) is 0 Å². The van der Waals surface area contributed by atoms with Crippen LogP contribution in [-0.4, -0.2) is 0 Å². The third-order valence-corrected chi connectivity index (χ3v) is 4.84. The van der Waals surface area contributed by atoms with Gasteiger partial charge in [-0.3, -0.25) is 0 Å². The summed E-state index contributed by atoms with van der Waals surface area (Å²) >= 11 is 6.69. The fourth-order valence-corrected chi connectivity index (χ4v) is 3.34. The zero-order valence-corrected chi connectivity index (χ0v) is 12.4. The lowest BCUT2D eigenvalue weighted by Crippen LogP contribution is -2.07. The maximum absolute atomic E-state index is 6.69. The molecule has 0 N–H and O–H groups in total. The van der Waals surface area contributed by atoms with Crippen molar-refractivity contribution in [3.63, 3.8) is 0 Å². The quantitative estimate of drug-likeness (QED) is 0.460. The van der Waals surface area contributed by atoms with E-state index < -0.39 is 0 Å². The molecule has 100 valence electrons. The van der Waals surface area contributed by atoms with Crippen molar-refractivity contribution in [2.45, 2.75) is 63.7 Å². The second-order valence-corrected chi connectivity index (χ2v) is 6.44. The Morgan fingerprint density at radius 1 is 0.889 bits per heavy atom. The zero-order valence-electron chi connectivity index (χ0n) is 11.7. The van der Waals surface area contributed by atoms with Crippen molar-refractivity contribution in [3.05, 3.63) is 35.4 Å². The van der Waals surface area contributed by atoms with Crippen molar-refractivity contribution in [1.82, 2.24) is 0 Å². The first kappa shape index (κ1) is 13.9. The largest absolute Gasteiger partial charge is 0.118 e. The first-order valence-electron chi connectivity index (χ1n) is 7.42. The SMILES string of the molecule is CC(C)c1ccc(C(Cl)C2CCCCCC2)cc1. The second kappa shape index (κ2) is 6.61. The van der Waals surface area contributed by atoms with Crippen LogP contribution in [0.3, 0.4) is 0 Å². The van der Waals surface area contributed by atoms with E-state index in [0.29, 0.717) is 11.8 Å². The first-order valence-corrected chi connectivity index (χ1v) is 7.86. The Balaban J connectivity index is 2.05. The Morgan fingerprint density at radius 3 is 1.89 bits per heavy atom. The summed E-state index contributed by atoms with van der Waals surface area (Å²) in [5.41, 5.74) is 2.72. The predicted octanol–water partition coefficient (Wildman–Crippen LogP) is 6.06. The van der Waals surface area contributed by atoms with Crippen LogP contribution in [0.2, 0.25) is 0 Å². The number of alkyl halides is 1. The Bertz CT molecular complexity index is 344. The third kappa shape index (κ3) is 3.51. The van der Waals surface area contributed by atoms with Crippen LogP contribution in [0, 0.1) is 5.92 Å². The summed E-state index contributed by atoms with van der Waals surface area (Å²) in [7, 11) is 0. The summed E-state index contributed by atoms with van der Waals surface area (Å²) in [6, 6.07) is 8.95. The molecule has 1 saturated carbocycles. The van der Waals surface area contributed by atoms with Crippen LogP contribution < -0.4 is 0 Å². The summed E-state index contributed by atoms with van der Waals surface area (Å²) in [4.78, 5) is 0. The van der Waals surface area contributed by atoms with Gasteiger partial charge >= 0.3 is 0 Å². The Labute approximate surface area is 117 Å². The van der Waals surface area contributed by atoms with E-state index >= 15 is 0 Å². The number of benzene rings is 1. The van der Waals surface area contributed by atoms with E-state index in [1.165, 1.54) is 49.7 Å². The molecule has 1 aliphatic carbocycles. The molecule has 0 amide bonds. The van der Waals surface area contributed by atoms with Crippen LogP contribution in [0.5, 0.6) is 0 Å². The molecule has 0 radical (unpaired) electrons. The molecule has 0 bridgehead atoms. The average Bonchev–Trinajstić information content (AvgIpc) is 2.67. The van der Waals surface area contributed by atoms with Crippen molar-refractivity contribution in [1.29, 1.82) is 0 Å². The van der Waals surface area contributed by atoms with Gasteiger partial charge in [0.15, 0.2) is 0 Å². The number of hydrogen-bond acceptors (Lipinski definition) is 0. The second-order valence-electron chi connectivity index (χ2n) is 5.97. The molecule has 1 fully saturated rings. The lowest BCUT2D eigenvalue weighted by atomic mass is 9.91. The zero-order chi connectivity index (χ0) is 13.0. The molecule has 1 aliphatic rings. The van der Waals surface area contributed by atoms with Gasteiger partial charge in [0.1, 0.15) is 0 Å². The normalized spacial score (nSPS) is 19.8. The van der Waals surface area contributed by atoms with Crippen molar-refractivity contribution < 1.29 is 0 Å². The van der Waals surface area contributed by atoms with Gasteiger partial charge in [0.2, 0.25) is 0 Å². The Kier molecular flexibility index (Phi) is 5.12. The minimum atomic E-state index is 0.212. The third-order valence-electron chi connectivity index (χ3n) is 4.24. The van der Waals surface area contributed by atoms with Crippen molar-refractivity contribution in [2.75, 3.05) is 0 Å². The highest BCUT2D eigenvalue weighted by Crippen LogP contribution is 2.38. The van der Waals surface area contributed by atoms with Gasteiger partial charge in [-0.25, -0.2) is 0 Å². The molecule has 0 aliphatic heterocycles. The molecule has 0 spiro atoms. The predicted molar refractivity (Wildman–Crippen MR) is 80.3 cm³/mol. The molecule has 2 rings (SSSR count). The van der Waals surface area contributed by atoms with Crippen LogP contribution in [0.1, 0.15) is 74.8 Å². The van der Waals surface area contributed by atoms with Gasteiger partial charge in [-0.05, 0) is 35.8 Å². The van der Waals surface area contributed by atoms with Crippen LogP contribution in [-0.2, 0) is 0 Å². The molecule has 0 heterocycles. The van der Waals surface area contributed by atoms with Gasteiger partial charge in [-0.15, -0.1) is 11.6 Å². The van der Waals surface area contributed by atoms with E-state index in [1.807, 2.05) is 0 Å². The van der Waals surface area contributed by atoms with Crippen LogP contribution in [0.25, 0.3) is 0 Å². The fourth-order valence-electron chi connectivity index (χ4n) is 2.94. The van der Waals surface area contributed by atoms with Crippen LogP contribution in [0.4, 0.5) is 0 Å². The minimum absolute atomic E-state index is 0.212. The summed E-state index contributed by atoms with van der Waals surface area (Å²) < 4.78 is 0. The molecular formula is C17H25Cl. The van der Waals surface area contributed by atoms with Crippen molar-refractivity contribution >= 4 is 11.6 Å². The maximum Gasteiger partial charge on any atom is 0.0613 e. The summed E-state index contributed by atoms with van der Waals surface area (Å²) in [6.07, 6.45) is 8.12. The number of rotatable bonds is 3. The topological polar surface area (TPSA) is 0 Å². The highest BCUT2D eigenvalue weighted by atomic mass is 35.5. The highest BCUT2D eigenvalue weighted by molar-refractivity contribution is 6.21. The van der Waals surface area contributed by atoms with E-state index in [-0.39, 0.29) is 5.38 Å². The molecular weight excluding hydrogens is 240 g/mol. The molecule has 1 aromatic rings. The fraction of sp³-hybridized carbons (Fsp3) is 0.647. The monoisotopic (exact) mass is 264 g/mol. The molecule has 1 heteroatoms. The van der Waals surface area contributed by atoms with E-state index in [4.69, 9.17) is 11.6 Å². The highest BCUT2D eigenvalue weighted by Gasteiger charge is 2.22. The molecule has 18 heavy (non-hydrogen) atoms. The summed E-state index contributed by atoms with van der Waals surface area (Å²) in [5, 5.41) is 0.212. The van der Waals surface area contributed by atoms with Gasteiger partial charge in [0.05, 0.1) is 5.38 Å². The van der Waals surface area contributed by atoms with Gasteiger partial charge in [0, 0.05) is 0 Å². The van der Waals surface area contributed by atoms with Gasteiger partial charge in [-0.1, -0.05) is 63.8 Å². The molecule has 1 atom stereocenters. The van der Waals surface area contributed by atoms with Gasteiger partial charge in [0.25, 0.3) is 0 Å². The number of hydrogen-bond donors (Lipinski definition) is 0. The molecule has 0 aromatic heterocycles. The minimum Gasteiger partial charge on any atom is -0.118 e.